The third-order valence-corrected chi connectivity index (χ3v) is 1.26. The van der Waals surface area contributed by atoms with Crippen molar-refractivity contribution in [3.63, 3.8) is 0 Å². The number of rotatable bonds is 5. The zero-order chi connectivity index (χ0) is 10.3. The maximum absolute atomic E-state index is 10.8. The number of carbonyl (C=O) groups excluding carboxylic acids is 2. The maximum atomic E-state index is 10.8. The minimum Gasteiger partial charge on any atom is -0.512 e. The molecule has 0 saturated heterocycles. The van der Waals surface area contributed by atoms with Gasteiger partial charge in [0.25, 0.3) is 0 Å². The van der Waals surface area contributed by atoms with E-state index in [2.05, 4.69) is 4.74 Å². The fourth-order valence-corrected chi connectivity index (χ4v) is 0.770. The summed E-state index contributed by atoms with van der Waals surface area (Å²) in [7, 11) is 0. The minimum atomic E-state index is -0.369. The monoisotopic (exact) mass is 186 g/mol. The zero-order valence-electron chi connectivity index (χ0n) is 7.87. The predicted molar refractivity (Wildman–Crippen MR) is 47.3 cm³/mol. The lowest BCUT2D eigenvalue weighted by atomic mass is 10.2. The molecule has 0 unspecified atom stereocenters. The van der Waals surface area contributed by atoms with Crippen molar-refractivity contribution in [3.05, 3.63) is 11.8 Å². The average molecular weight is 186 g/mol. The highest BCUT2D eigenvalue weighted by Gasteiger charge is 2.03. The molecule has 0 fully saturated rings. The summed E-state index contributed by atoms with van der Waals surface area (Å²) in [6, 6.07) is 0. The van der Waals surface area contributed by atoms with E-state index in [0.717, 1.165) is 6.08 Å². The van der Waals surface area contributed by atoms with Crippen molar-refractivity contribution in [2.24, 2.45) is 0 Å². The van der Waals surface area contributed by atoms with E-state index in [0.29, 0.717) is 6.61 Å². The van der Waals surface area contributed by atoms with Gasteiger partial charge >= 0.3 is 5.97 Å². The number of aliphatic hydroxyl groups is 1. The van der Waals surface area contributed by atoms with E-state index in [-0.39, 0.29) is 30.4 Å². The van der Waals surface area contributed by atoms with Gasteiger partial charge in [-0.05, 0) is 13.8 Å². The summed E-state index contributed by atoms with van der Waals surface area (Å²) in [6.45, 7) is 3.37. The lowest BCUT2D eigenvalue weighted by Crippen LogP contribution is -2.04. The van der Waals surface area contributed by atoms with Crippen LogP contribution in [-0.2, 0) is 14.3 Å². The van der Waals surface area contributed by atoms with Crippen LogP contribution >= 0.6 is 0 Å². The highest BCUT2D eigenvalue weighted by atomic mass is 16.5. The molecule has 0 saturated carbocycles. The third-order valence-electron chi connectivity index (χ3n) is 1.26. The largest absolute Gasteiger partial charge is 0.512 e. The van der Waals surface area contributed by atoms with E-state index in [1.54, 1.807) is 6.92 Å². The molecule has 0 aromatic heterocycles. The number of allylic oxidation sites excluding steroid dienone is 2. The topological polar surface area (TPSA) is 63.6 Å². The smallest absolute Gasteiger partial charge is 0.306 e. The SMILES string of the molecule is CCOC(=O)CCC(O)=CC(C)=O. The Kier molecular flexibility index (Phi) is 5.59. The quantitative estimate of drug-likeness (QED) is 0.400. The zero-order valence-corrected chi connectivity index (χ0v) is 7.87. The van der Waals surface area contributed by atoms with Crippen LogP contribution in [0.1, 0.15) is 26.7 Å². The number of ether oxygens (including phenoxy) is 1. The van der Waals surface area contributed by atoms with E-state index in [1.165, 1.54) is 6.92 Å². The molecule has 0 aliphatic rings. The van der Waals surface area contributed by atoms with Gasteiger partial charge in [0.2, 0.25) is 0 Å². The minimum absolute atomic E-state index is 0.0828. The molecule has 0 radical (unpaired) electrons. The summed E-state index contributed by atoms with van der Waals surface area (Å²) in [6.07, 6.45) is 1.35. The van der Waals surface area contributed by atoms with Crippen LogP contribution in [0.5, 0.6) is 0 Å². The van der Waals surface area contributed by atoms with Crippen molar-refractivity contribution in [2.45, 2.75) is 26.7 Å². The molecule has 4 heteroatoms. The van der Waals surface area contributed by atoms with Crippen LogP contribution in [0.15, 0.2) is 11.8 Å². The van der Waals surface area contributed by atoms with Gasteiger partial charge in [-0.3, -0.25) is 9.59 Å². The Balaban J connectivity index is 3.76. The second kappa shape index (κ2) is 6.22. The Labute approximate surface area is 77.2 Å². The maximum Gasteiger partial charge on any atom is 0.306 e. The van der Waals surface area contributed by atoms with Gasteiger partial charge in [0, 0.05) is 12.5 Å². The summed E-state index contributed by atoms with van der Waals surface area (Å²) >= 11 is 0. The van der Waals surface area contributed by atoms with Gasteiger partial charge in [-0.15, -0.1) is 0 Å². The number of hydrogen-bond acceptors (Lipinski definition) is 4. The molecular formula is C9H14O4. The Morgan fingerprint density at radius 3 is 2.46 bits per heavy atom. The van der Waals surface area contributed by atoms with E-state index >= 15 is 0 Å². The molecular weight excluding hydrogens is 172 g/mol. The number of hydrogen-bond donors (Lipinski definition) is 1. The Hall–Kier alpha value is -1.32. The molecule has 1 N–H and O–H groups in total. The molecule has 0 aromatic carbocycles. The normalized spacial score (nSPS) is 11.1. The van der Waals surface area contributed by atoms with Gasteiger partial charge in [0.05, 0.1) is 18.8 Å². The molecule has 0 bridgehead atoms. The van der Waals surface area contributed by atoms with Crippen molar-refractivity contribution < 1.29 is 19.4 Å². The van der Waals surface area contributed by atoms with E-state index in [1.807, 2.05) is 0 Å². The van der Waals surface area contributed by atoms with Crippen molar-refractivity contribution in [2.75, 3.05) is 6.61 Å². The Morgan fingerprint density at radius 1 is 1.38 bits per heavy atom. The van der Waals surface area contributed by atoms with Crippen LogP contribution in [-0.4, -0.2) is 23.5 Å². The van der Waals surface area contributed by atoms with Crippen LogP contribution in [0.3, 0.4) is 0 Å². The predicted octanol–water partition coefficient (Wildman–Crippen LogP) is 1.36. The van der Waals surface area contributed by atoms with Crippen molar-refractivity contribution in [1.82, 2.24) is 0 Å². The van der Waals surface area contributed by atoms with Gasteiger partial charge in [0.15, 0.2) is 5.78 Å². The van der Waals surface area contributed by atoms with Gasteiger partial charge in [-0.25, -0.2) is 0 Å². The second-order valence-corrected chi connectivity index (χ2v) is 2.55. The van der Waals surface area contributed by atoms with Crippen LogP contribution < -0.4 is 0 Å². The fraction of sp³-hybridized carbons (Fsp3) is 0.556. The van der Waals surface area contributed by atoms with Crippen LogP contribution in [0, 0.1) is 0 Å². The number of ketones is 1. The van der Waals surface area contributed by atoms with Crippen molar-refractivity contribution in [3.8, 4) is 0 Å². The van der Waals surface area contributed by atoms with E-state index < -0.39 is 0 Å². The lowest BCUT2D eigenvalue weighted by Gasteiger charge is -2.00. The molecule has 0 aliphatic heterocycles. The Morgan fingerprint density at radius 2 is 2.00 bits per heavy atom. The number of esters is 1. The summed E-state index contributed by atoms with van der Waals surface area (Å²) in [5, 5.41) is 9.07. The first-order chi connectivity index (χ1) is 6.06. The number of aliphatic hydroxyl groups excluding tert-OH is 1. The molecule has 13 heavy (non-hydrogen) atoms. The van der Waals surface area contributed by atoms with Crippen molar-refractivity contribution in [1.29, 1.82) is 0 Å². The summed E-state index contributed by atoms with van der Waals surface area (Å²) in [5.74, 6) is -0.687. The summed E-state index contributed by atoms with van der Waals surface area (Å²) in [5.41, 5.74) is 0. The first-order valence-electron chi connectivity index (χ1n) is 4.12. The molecule has 0 atom stereocenters. The standard InChI is InChI=1S/C9H14O4/c1-3-13-9(12)5-4-8(11)6-7(2)10/h6,11H,3-5H2,1-2H3. The number of carbonyl (C=O) groups is 2. The molecule has 0 aliphatic carbocycles. The molecule has 0 heterocycles. The van der Waals surface area contributed by atoms with E-state index in [4.69, 9.17) is 5.11 Å². The van der Waals surface area contributed by atoms with Crippen LogP contribution in [0.2, 0.25) is 0 Å². The Bertz CT molecular complexity index is 218. The fourth-order valence-electron chi connectivity index (χ4n) is 0.770. The average Bonchev–Trinajstić information content (AvgIpc) is 2.00. The molecule has 0 spiro atoms. The van der Waals surface area contributed by atoms with E-state index in [9.17, 15) is 9.59 Å². The molecule has 4 nitrogen and oxygen atoms in total. The molecule has 0 rings (SSSR count). The molecule has 74 valence electrons. The van der Waals surface area contributed by atoms with Gasteiger partial charge < -0.3 is 9.84 Å². The third kappa shape index (κ3) is 7.05. The molecule has 0 amide bonds. The van der Waals surface area contributed by atoms with Gasteiger partial charge in [0.1, 0.15) is 0 Å². The van der Waals surface area contributed by atoms with Crippen molar-refractivity contribution >= 4 is 11.8 Å². The highest BCUT2D eigenvalue weighted by molar-refractivity contribution is 5.87. The summed E-state index contributed by atoms with van der Waals surface area (Å²) in [4.78, 5) is 21.3. The van der Waals surface area contributed by atoms with Crippen LogP contribution in [0.4, 0.5) is 0 Å². The lowest BCUT2D eigenvalue weighted by molar-refractivity contribution is -0.143. The summed E-state index contributed by atoms with van der Waals surface area (Å²) < 4.78 is 4.64. The first-order valence-corrected chi connectivity index (χ1v) is 4.12. The van der Waals surface area contributed by atoms with Gasteiger partial charge in [-0.1, -0.05) is 0 Å². The molecule has 0 aromatic rings. The second-order valence-electron chi connectivity index (χ2n) is 2.55. The highest BCUT2D eigenvalue weighted by Crippen LogP contribution is 2.02. The van der Waals surface area contributed by atoms with Crippen LogP contribution in [0.25, 0.3) is 0 Å². The van der Waals surface area contributed by atoms with Gasteiger partial charge in [-0.2, -0.15) is 0 Å². The first kappa shape index (κ1) is 11.7.